The highest BCUT2D eigenvalue weighted by Crippen LogP contribution is 2.20. The molecule has 0 radical (unpaired) electrons. The Morgan fingerprint density at radius 1 is 1.05 bits per heavy atom. The summed E-state index contributed by atoms with van der Waals surface area (Å²) < 4.78 is 5.14. The first-order valence-corrected chi connectivity index (χ1v) is 6.18. The second-order valence-corrected chi connectivity index (χ2v) is 4.30. The van der Waals surface area contributed by atoms with Crippen molar-refractivity contribution in [2.24, 2.45) is 0 Å². The molecule has 0 saturated heterocycles. The SMILES string of the molecule is COc1cccc(C(=O)c2ncnc3ccccc23)c1. The van der Waals surface area contributed by atoms with Gasteiger partial charge in [-0.25, -0.2) is 9.97 Å². The maximum absolute atomic E-state index is 12.6. The Morgan fingerprint density at radius 2 is 1.90 bits per heavy atom. The molecule has 0 aliphatic carbocycles. The Hall–Kier alpha value is -2.75. The van der Waals surface area contributed by atoms with Gasteiger partial charge in [-0.3, -0.25) is 4.79 Å². The summed E-state index contributed by atoms with van der Waals surface area (Å²) in [5.41, 5.74) is 1.71. The van der Waals surface area contributed by atoms with Crippen LogP contribution in [0.5, 0.6) is 5.75 Å². The molecule has 0 N–H and O–H groups in total. The van der Waals surface area contributed by atoms with E-state index in [2.05, 4.69) is 9.97 Å². The zero-order valence-corrected chi connectivity index (χ0v) is 10.9. The second-order valence-electron chi connectivity index (χ2n) is 4.30. The average Bonchev–Trinajstić information content (AvgIpc) is 2.53. The summed E-state index contributed by atoms with van der Waals surface area (Å²) in [6.45, 7) is 0. The molecular weight excluding hydrogens is 252 g/mol. The molecule has 1 aromatic heterocycles. The number of carbonyl (C=O) groups excluding carboxylic acids is 1. The van der Waals surface area contributed by atoms with Crippen LogP contribution >= 0.6 is 0 Å². The van der Waals surface area contributed by atoms with Gasteiger partial charge in [-0.1, -0.05) is 30.3 Å². The summed E-state index contributed by atoms with van der Waals surface area (Å²) in [5, 5.41) is 0.753. The van der Waals surface area contributed by atoms with Crippen molar-refractivity contribution in [3.63, 3.8) is 0 Å². The third-order valence-corrected chi connectivity index (χ3v) is 3.09. The van der Waals surface area contributed by atoms with Gasteiger partial charge in [-0.2, -0.15) is 0 Å². The van der Waals surface area contributed by atoms with Gasteiger partial charge >= 0.3 is 0 Å². The monoisotopic (exact) mass is 264 g/mol. The maximum Gasteiger partial charge on any atom is 0.212 e. The van der Waals surface area contributed by atoms with E-state index in [1.807, 2.05) is 24.3 Å². The molecule has 4 heteroatoms. The number of nitrogens with zero attached hydrogens (tertiary/aromatic N) is 2. The lowest BCUT2D eigenvalue weighted by Crippen LogP contribution is -2.05. The van der Waals surface area contributed by atoms with Crippen LogP contribution in [0, 0.1) is 0 Å². The number of carbonyl (C=O) groups is 1. The number of ether oxygens (including phenoxy) is 1. The Bertz CT molecular complexity index is 779. The fourth-order valence-corrected chi connectivity index (χ4v) is 2.09. The molecule has 2 aromatic carbocycles. The van der Waals surface area contributed by atoms with E-state index in [4.69, 9.17) is 4.74 Å². The molecule has 3 rings (SSSR count). The number of benzene rings is 2. The summed E-state index contributed by atoms with van der Waals surface area (Å²) >= 11 is 0. The van der Waals surface area contributed by atoms with Crippen LogP contribution in [0.2, 0.25) is 0 Å². The summed E-state index contributed by atoms with van der Waals surface area (Å²) in [4.78, 5) is 20.9. The zero-order valence-electron chi connectivity index (χ0n) is 10.9. The topological polar surface area (TPSA) is 52.1 Å². The van der Waals surface area contributed by atoms with Gasteiger partial charge in [-0.15, -0.1) is 0 Å². The van der Waals surface area contributed by atoms with E-state index < -0.39 is 0 Å². The zero-order chi connectivity index (χ0) is 13.9. The van der Waals surface area contributed by atoms with Crippen LogP contribution in [0.25, 0.3) is 10.9 Å². The smallest absolute Gasteiger partial charge is 0.212 e. The second kappa shape index (κ2) is 5.09. The number of hydrogen-bond donors (Lipinski definition) is 0. The first kappa shape index (κ1) is 12.3. The van der Waals surface area contributed by atoms with Crippen LogP contribution in [-0.4, -0.2) is 22.9 Å². The standard InChI is InChI=1S/C16H12N2O2/c1-20-12-6-4-5-11(9-12)16(19)15-13-7-2-3-8-14(13)17-10-18-15/h2-10H,1H3. The number of aromatic nitrogens is 2. The van der Waals surface area contributed by atoms with Gasteiger partial charge in [0.25, 0.3) is 0 Å². The highest BCUT2D eigenvalue weighted by atomic mass is 16.5. The third kappa shape index (κ3) is 2.12. The van der Waals surface area contributed by atoms with Crippen LogP contribution in [-0.2, 0) is 0 Å². The number of rotatable bonds is 3. The molecular formula is C16H12N2O2. The molecule has 0 fully saturated rings. The average molecular weight is 264 g/mol. The van der Waals surface area contributed by atoms with Crippen LogP contribution < -0.4 is 4.74 Å². The van der Waals surface area contributed by atoms with E-state index in [-0.39, 0.29) is 5.78 Å². The van der Waals surface area contributed by atoms with E-state index in [1.165, 1.54) is 6.33 Å². The number of fused-ring (bicyclic) bond motifs is 1. The van der Waals surface area contributed by atoms with E-state index in [9.17, 15) is 4.79 Å². The minimum Gasteiger partial charge on any atom is -0.497 e. The maximum atomic E-state index is 12.6. The van der Waals surface area contributed by atoms with Gasteiger partial charge in [0.1, 0.15) is 17.8 Å². The Kier molecular flexibility index (Phi) is 3.13. The van der Waals surface area contributed by atoms with Crippen molar-refractivity contribution in [1.29, 1.82) is 0 Å². The van der Waals surface area contributed by atoms with Gasteiger partial charge in [0, 0.05) is 10.9 Å². The highest BCUT2D eigenvalue weighted by Gasteiger charge is 2.14. The number of hydrogen-bond acceptors (Lipinski definition) is 4. The Balaban J connectivity index is 2.12. The van der Waals surface area contributed by atoms with Crippen molar-refractivity contribution in [3.8, 4) is 5.75 Å². The molecule has 0 spiro atoms. The van der Waals surface area contributed by atoms with E-state index >= 15 is 0 Å². The number of ketones is 1. The van der Waals surface area contributed by atoms with Crippen LogP contribution in [0.3, 0.4) is 0 Å². The Labute approximate surface area is 116 Å². The summed E-state index contributed by atoms with van der Waals surface area (Å²) in [7, 11) is 1.57. The summed E-state index contributed by atoms with van der Waals surface area (Å²) in [6.07, 6.45) is 1.41. The van der Waals surface area contributed by atoms with Crippen molar-refractivity contribution < 1.29 is 9.53 Å². The minimum atomic E-state index is -0.137. The van der Waals surface area contributed by atoms with Gasteiger partial charge in [-0.05, 0) is 18.2 Å². The van der Waals surface area contributed by atoms with E-state index in [0.717, 1.165) is 10.9 Å². The van der Waals surface area contributed by atoms with Crippen molar-refractivity contribution in [2.75, 3.05) is 7.11 Å². The highest BCUT2D eigenvalue weighted by molar-refractivity contribution is 6.14. The van der Waals surface area contributed by atoms with Crippen molar-refractivity contribution in [3.05, 3.63) is 66.1 Å². The lowest BCUT2D eigenvalue weighted by Gasteiger charge is -2.05. The molecule has 0 aliphatic heterocycles. The van der Waals surface area contributed by atoms with Crippen molar-refractivity contribution >= 4 is 16.7 Å². The molecule has 1 heterocycles. The van der Waals surface area contributed by atoms with Crippen molar-refractivity contribution in [1.82, 2.24) is 9.97 Å². The fraction of sp³-hybridized carbons (Fsp3) is 0.0625. The molecule has 0 atom stereocenters. The molecule has 0 amide bonds. The van der Waals surface area contributed by atoms with E-state index in [0.29, 0.717) is 17.0 Å². The summed E-state index contributed by atoms with van der Waals surface area (Å²) in [5.74, 6) is 0.511. The molecule has 0 saturated carbocycles. The summed E-state index contributed by atoms with van der Waals surface area (Å²) in [6, 6.07) is 14.5. The largest absolute Gasteiger partial charge is 0.497 e. The molecule has 0 unspecified atom stereocenters. The lowest BCUT2D eigenvalue weighted by atomic mass is 10.0. The molecule has 0 bridgehead atoms. The van der Waals surface area contributed by atoms with E-state index in [1.54, 1.807) is 31.4 Å². The molecule has 3 aromatic rings. The van der Waals surface area contributed by atoms with Crippen LogP contribution in [0.15, 0.2) is 54.9 Å². The minimum absolute atomic E-state index is 0.137. The lowest BCUT2D eigenvalue weighted by molar-refractivity contribution is 0.103. The fourth-order valence-electron chi connectivity index (χ4n) is 2.09. The van der Waals surface area contributed by atoms with Crippen LogP contribution in [0.1, 0.15) is 16.1 Å². The third-order valence-electron chi connectivity index (χ3n) is 3.09. The molecule has 0 aliphatic rings. The molecule has 98 valence electrons. The normalized spacial score (nSPS) is 10.4. The Morgan fingerprint density at radius 3 is 2.75 bits per heavy atom. The predicted molar refractivity (Wildman–Crippen MR) is 76.0 cm³/mol. The molecule has 4 nitrogen and oxygen atoms in total. The van der Waals surface area contributed by atoms with Gasteiger partial charge in [0.05, 0.1) is 12.6 Å². The molecule has 20 heavy (non-hydrogen) atoms. The quantitative estimate of drug-likeness (QED) is 0.682. The van der Waals surface area contributed by atoms with Gasteiger partial charge < -0.3 is 4.74 Å². The number of methoxy groups -OCH3 is 1. The number of para-hydroxylation sites is 1. The first-order chi connectivity index (χ1) is 9.79. The first-order valence-electron chi connectivity index (χ1n) is 6.18. The van der Waals surface area contributed by atoms with Gasteiger partial charge in [0.2, 0.25) is 5.78 Å². The predicted octanol–water partition coefficient (Wildman–Crippen LogP) is 2.87. The van der Waals surface area contributed by atoms with Gasteiger partial charge in [0.15, 0.2) is 0 Å². The van der Waals surface area contributed by atoms with Crippen LogP contribution in [0.4, 0.5) is 0 Å². The van der Waals surface area contributed by atoms with Crippen molar-refractivity contribution in [2.45, 2.75) is 0 Å².